The van der Waals surface area contributed by atoms with E-state index in [1.807, 2.05) is 0 Å². The summed E-state index contributed by atoms with van der Waals surface area (Å²) >= 11 is 0. The topological polar surface area (TPSA) is 212 Å². The maximum atomic E-state index is 12.8. The van der Waals surface area contributed by atoms with Gasteiger partial charge in [-0.25, -0.2) is 4.79 Å². The van der Waals surface area contributed by atoms with E-state index in [1.165, 1.54) is 13.0 Å². The SMILES string of the molecule is COC(=O)C[C@]1(C)C(C(=O)OC)=CO[C@@H](O[C@@H]2O[C@H](COC(C)=O)[C@@H](OC(C)=O)[C@H](OC(C)=O)[C@H]2OC(C)=O)/C1=C/COC(C)=O. The van der Waals surface area contributed by atoms with Gasteiger partial charge >= 0.3 is 41.8 Å². The molecule has 0 aromatic carbocycles. The van der Waals surface area contributed by atoms with Crippen LogP contribution < -0.4 is 0 Å². The quantitative estimate of drug-likeness (QED) is 0.159. The van der Waals surface area contributed by atoms with Gasteiger partial charge in [-0.15, -0.1) is 0 Å². The molecule has 256 valence electrons. The summed E-state index contributed by atoms with van der Waals surface area (Å²) in [4.78, 5) is 85.0. The molecule has 0 saturated carbocycles. The van der Waals surface area contributed by atoms with Gasteiger partial charge in [-0.05, 0) is 6.08 Å². The number of methoxy groups -OCH3 is 2. The Bertz CT molecular complexity index is 1250. The summed E-state index contributed by atoms with van der Waals surface area (Å²) in [7, 11) is 2.25. The monoisotopic (exact) mass is 658 g/mol. The third kappa shape index (κ3) is 10.00. The summed E-state index contributed by atoms with van der Waals surface area (Å²) < 4.78 is 54.0. The first-order valence-electron chi connectivity index (χ1n) is 13.8. The first-order valence-corrected chi connectivity index (χ1v) is 13.8. The van der Waals surface area contributed by atoms with Crippen LogP contribution >= 0.6 is 0 Å². The molecule has 1 saturated heterocycles. The van der Waals surface area contributed by atoms with E-state index < -0.39 is 97.2 Å². The molecule has 2 rings (SSSR count). The third-order valence-electron chi connectivity index (χ3n) is 6.72. The Morgan fingerprint density at radius 1 is 0.783 bits per heavy atom. The van der Waals surface area contributed by atoms with E-state index in [9.17, 15) is 33.6 Å². The van der Waals surface area contributed by atoms with Gasteiger partial charge in [0, 0.05) is 45.6 Å². The van der Waals surface area contributed by atoms with E-state index in [-0.39, 0.29) is 17.8 Å². The highest BCUT2D eigenvalue weighted by molar-refractivity contribution is 5.92. The van der Waals surface area contributed by atoms with Crippen molar-refractivity contribution >= 4 is 41.8 Å². The molecular formula is C29H38O17. The van der Waals surface area contributed by atoms with Crippen molar-refractivity contribution < 1.29 is 80.9 Å². The van der Waals surface area contributed by atoms with Crippen LogP contribution in [0, 0.1) is 5.41 Å². The van der Waals surface area contributed by atoms with Crippen molar-refractivity contribution in [2.24, 2.45) is 5.41 Å². The highest BCUT2D eigenvalue weighted by atomic mass is 16.8. The molecule has 0 unspecified atom stereocenters. The van der Waals surface area contributed by atoms with Crippen LogP contribution in [0.4, 0.5) is 0 Å². The van der Waals surface area contributed by atoms with Crippen LogP contribution in [0.5, 0.6) is 0 Å². The number of esters is 7. The Hall–Kier alpha value is -4.51. The number of carbonyl (C=O) groups excluding carboxylic acids is 7. The molecule has 46 heavy (non-hydrogen) atoms. The Kier molecular flexibility index (Phi) is 13.7. The maximum Gasteiger partial charge on any atom is 0.337 e. The van der Waals surface area contributed by atoms with Crippen molar-refractivity contribution in [2.75, 3.05) is 27.4 Å². The molecule has 0 radical (unpaired) electrons. The Morgan fingerprint density at radius 3 is 1.87 bits per heavy atom. The van der Waals surface area contributed by atoms with Gasteiger partial charge in [0.1, 0.15) is 19.3 Å². The molecule has 0 bridgehead atoms. The van der Waals surface area contributed by atoms with Crippen molar-refractivity contribution in [1.29, 1.82) is 0 Å². The van der Waals surface area contributed by atoms with Gasteiger partial charge in [0.25, 0.3) is 0 Å². The van der Waals surface area contributed by atoms with Crippen molar-refractivity contribution in [1.82, 2.24) is 0 Å². The molecule has 0 amide bonds. The fourth-order valence-corrected chi connectivity index (χ4v) is 4.79. The van der Waals surface area contributed by atoms with Crippen LogP contribution in [0.15, 0.2) is 23.5 Å². The third-order valence-corrected chi connectivity index (χ3v) is 6.72. The number of ether oxygens (including phenoxy) is 10. The van der Waals surface area contributed by atoms with E-state index >= 15 is 0 Å². The fraction of sp³-hybridized carbons (Fsp3) is 0.621. The molecule has 0 spiro atoms. The van der Waals surface area contributed by atoms with Crippen molar-refractivity contribution in [2.45, 2.75) is 85.0 Å². The second-order valence-corrected chi connectivity index (χ2v) is 10.2. The molecule has 7 atom stereocenters. The number of hydrogen-bond donors (Lipinski definition) is 0. The van der Waals surface area contributed by atoms with Crippen molar-refractivity contribution in [3.8, 4) is 0 Å². The van der Waals surface area contributed by atoms with E-state index in [1.54, 1.807) is 0 Å². The molecule has 17 nitrogen and oxygen atoms in total. The van der Waals surface area contributed by atoms with Crippen LogP contribution in [0.1, 0.15) is 48.0 Å². The van der Waals surface area contributed by atoms with E-state index in [0.717, 1.165) is 55.1 Å². The predicted octanol–water partition coefficient (Wildman–Crippen LogP) is 0.558. The Balaban J connectivity index is 2.72. The first kappa shape index (κ1) is 37.7. The fourth-order valence-electron chi connectivity index (χ4n) is 4.79. The summed E-state index contributed by atoms with van der Waals surface area (Å²) in [5.41, 5.74) is -1.63. The van der Waals surface area contributed by atoms with Gasteiger partial charge in [0.05, 0.1) is 32.5 Å². The maximum absolute atomic E-state index is 12.8. The molecular weight excluding hydrogens is 620 g/mol. The Labute approximate surface area is 264 Å². The van der Waals surface area contributed by atoms with Crippen molar-refractivity contribution in [3.63, 3.8) is 0 Å². The minimum Gasteiger partial charge on any atom is -0.469 e. The minimum absolute atomic E-state index is 0.0508. The van der Waals surface area contributed by atoms with E-state index in [2.05, 4.69) is 0 Å². The standard InChI is InChI=1S/C29H38O17/c1-14(30)39-10-9-19-27(41-12-20(26(36)38-8)29(19,6)11-22(35)37-7)46-28-25(44-18(5)34)24(43-17(4)33)23(42-16(3)32)21(45-28)13-40-15(2)31/h9,12,21,23-25,27-28H,10-11,13H2,1-8H3/b19-9-/t21-,23-,24+,25-,27+,28+,29+/m1/s1. The van der Waals surface area contributed by atoms with Gasteiger partial charge in [-0.2, -0.15) is 0 Å². The lowest BCUT2D eigenvalue weighted by atomic mass is 9.71. The average Bonchev–Trinajstić information content (AvgIpc) is 2.95. The van der Waals surface area contributed by atoms with Crippen LogP contribution in [-0.2, 0) is 80.9 Å². The summed E-state index contributed by atoms with van der Waals surface area (Å²) in [6.07, 6.45) is -7.33. The second kappa shape index (κ2) is 16.7. The van der Waals surface area contributed by atoms with E-state index in [4.69, 9.17) is 47.4 Å². The molecule has 17 heteroatoms. The largest absolute Gasteiger partial charge is 0.469 e. The summed E-state index contributed by atoms with van der Waals surface area (Å²) in [5.74, 6) is -5.55. The predicted molar refractivity (Wildman–Crippen MR) is 147 cm³/mol. The molecule has 0 aliphatic carbocycles. The minimum atomic E-state index is -1.70. The molecule has 2 heterocycles. The van der Waals surface area contributed by atoms with Crippen LogP contribution in [0.25, 0.3) is 0 Å². The lowest BCUT2D eigenvalue weighted by Crippen LogP contribution is -2.63. The van der Waals surface area contributed by atoms with E-state index in [0.29, 0.717) is 0 Å². The lowest BCUT2D eigenvalue weighted by molar-refractivity contribution is -0.332. The average molecular weight is 659 g/mol. The van der Waals surface area contributed by atoms with Crippen LogP contribution in [-0.4, -0.2) is 106 Å². The zero-order chi connectivity index (χ0) is 34.8. The number of carbonyl (C=O) groups is 7. The smallest absolute Gasteiger partial charge is 0.337 e. The molecule has 2 aliphatic rings. The number of hydrogen-bond acceptors (Lipinski definition) is 17. The summed E-state index contributed by atoms with van der Waals surface area (Å²) in [6.45, 7) is 6.05. The van der Waals surface area contributed by atoms with Crippen LogP contribution in [0.3, 0.4) is 0 Å². The highest BCUT2D eigenvalue weighted by Gasteiger charge is 2.55. The van der Waals surface area contributed by atoms with Crippen LogP contribution in [0.2, 0.25) is 0 Å². The zero-order valence-corrected chi connectivity index (χ0v) is 26.7. The summed E-state index contributed by atoms with van der Waals surface area (Å²) in [5, 5.41) is 0. The van der Waals surface area contributed by atoms with Gasteiger partial charge in [0.15, 0.2) is 18.3 Å². The second-order valence-electron chi connectivity index (χ2n) is 10.2. The first-order chi connectivity index (χ1) is 21.5. The molecule has 0 N–H and O–H groups in total. The Morgan fingerprint density at radius 2 is 1.35 bits per heavy atom. The normalized spacial score (nSPS) is 28.0. The van der Waals surface area contributed by atoms with Gasteiger partial charge in [0.2, 0.25) is 12.6 Å². The number of rotatable bonds is 12. The molecule has 2 aliphatic heterocycles. The van der Waals surface area contributed by atoms with Crippen molar-refractivity contribution in [3.05, 3.63) is 23.5 Å². The summed E-state index contributed by atoms with van der Waals surface area (Å²) in [6, 6.07) is 0. The zero-order valence-electron chi connectivity index (χ0n) is 26.7. The molecule has 1 fully saturated rings. The molecule has 0 aromatic heterocycles. The lowest BCUT2D eigenvalue weighted by Gasteiger charge is -2.46. The van der Waals surface area contributed by atoms with Gasteiger partial charge < -0.3 is 47.4 Å². The molecule has 0 aromatic rings. The van der Waals surface area contributed by atoms with Gasteiger partial charge in [-0.1, -0.05) is 6.92 Å². The van der Waals surface area contributed by atoms with Gasteiger partial charge in [-0.3, -0.25) is 28.8 Å². The highest BCUT2D eigenvalue weighted by Crippen LogP contribution is 2.46.